The summed E-state index contributed by atoms with van der Waals surface area (Å²) in [6.07, 6.45) is 5.76. The molecule has 2 aliphatic heterocycles. The van der Waals surface area contributed by atoms with Gasteiger partial charge in [-0.1, -0.05) is 6.92 Å². The third-order valence-corrected chi connectivity index (χ3v) is 4.46. The van der Waals surface area contributed by atoms with Gasteiger partial charge >= 0.3 is 5.97 Å². The largest absolute Gasteiger partial charge is 0.465 e. The summed E-state index contributed by atoms with van der Waals surface area (Å²) in [5, 5.41) is 3.64. The summed E-state index contributed by atoms with van der Waals surface area (Å²) >= 11 is 0. The summed E-state index contributed by atoms with van der Waals surface area (Å²) in [5.41, 5.74) is 0. The molecule has 3 unspecified atom stereocenters. The van der Waals surface area contributed by atoms with Crippen LogP contribution >= 0.6 is 0 Å². The van der Waals surface area contributed by atoms with Crippen LogP contribution in [0.3, 0.4) is 0 Å². The van der Waals surface area contributed by atoms with Gasteiger partial charge in [-0.15, -0.1) is 0 Å². The van der Waals surface area contributed by atoms with Crippen LogP contribution in [0.5, 0.6) is 0 Å². The minimum absolute atomic E-state index is 0.0617. The lowest BCUT2D eigenvalue weighted by Crippen LogP contribution is -2.52. The lowest BCUT2D eigenvalue weighted by Gasteiger charge is -2.38. The zero-order valence-electron chi connectivity index (χ0n) is 11.8. The number of ether oxygens (including phenoxy) is 1. The van der Waals surface area contributed by atoms with Crippen molar-refractivity contribution in [3.63, 3.8) is 0 Å². The molecule has 0 saturated carbocycles. The Morgan fingerprint density at radius 3 is 2.44 bits per heavy atom. The van der Waals surface area contributed by atoms with Crippen molar-refractivity contribution in [3.8, 4) is 0 Å². The molecule has 18 heavy (non-hydrogen) atoms. The van der Waals surface area contributed by atoms with Gasteiger partial charge in [0.15, 0.2) is 0 Å². The van der Waals surface area contributed by atoms with Gasteiger partial charge in [0.2, 0.25) is 0 Å². The van der Waals surface area contributed by atoms with Gasteiger partial charge in [0.05, 0.1) is 6.61 Å². The van der Waals surface area contributed by atoms with Crippen LogP contribution in [0.4, 0.5) is 0 Å². The van der Waals surface area contributed by atoms with E-state index in [0.29, 0.717) is 24.7 Å². The summed E-state index contributed by atoms with van der Waals surface area (Å²) < 4.78 is 5.18. The molecule has 0 spiro atoms. The number of nitrogens with one attached hydrogen (secondary N) is 1. The molecule has 0 aromatic rings. The second kappa shape index (κ2) is 6.02. The second-order valence-electron chi connectivity index (χ2n) is 5.60. The van der Waals surface area contributed by atoms with E-state index in [1.165, 1.54) is 25.7 Å². The Balaban J connectivity index is 1.96. The van der Waals surface area contributed by atoms with E-state index in [4.69, 9.17) is 4.74 Å². The van der Waals surface area contributed by atoms with Crippen LogP contribution in [-0.4, -0.2) is 48.7 Å². The second-order valence-corrected chi connectivity index (χ2v) is 5.60. The smallest absolute Gasteiger partial charge is 0.323 e. The Morgan fingerprint density at radius 1 is 1.33 bits per heavy atom. The fraction of sp³-hybridized carbons (Fsp3) is 0.929. The quantitative estimate of drug-likeness (QED) is 0.756. The van der Waals surface area contributed by atoms with Crippen LogP contribution in [0.25, 0.3) is 0 Å². The molecular weight excluding hydrogens is 228 g/mol. The summed E-state index contributed by atoms with van der Waals surface area (Å²) in [6, 6.07) is 1.78. The molecule has 2 bridgehead atoms. The number of carbonyl (C=O) groups is 1. The Labute approximate surface area is 110 Å². The van der Waals surface area contributed by atoms with E-state index in [-0.39, 0.29) is 12.0 Å². The minimum Gasteiger partial charge on any atom is -0.465 e. The van der Waals surface area contributed by atoms with Crippen molar-refractivity contribution in [1.82, 2.24) is 10.2 Å². The Morgan fingerprint density at radius 2 is 1.94 bits per heavy atom. The van der Waals surface area contributed by atoms with Crippen LogP contribution in [-0.2, 0) is 9.53 Å². The topological polar surface area (TPSA) is 41.6 Å². The Hall–Kier alpha value is -0.610. The minimum atomic E-state index is -0.0764. The van der Waals surface area contributed by atoms with Gasteiger partial charge in [-0.3, -0.25) is 9.69 Å². The van der Waals surface area contributed by atoms with Crippen molar-refractivity contribution in [2.24, 2.45) is 0 Å². The third kappa shape index (κ3) is 2.86. The van der Waals surface area contributed by atoms with E-state index in [1.807, 2.05) is 6.92 Å². The van der Waals surface area contributed by atoms with Crippen molar-refractivity contribution in [2.75, 3.05) is 13.7 Å². The molecule has 0 amide bonds. The van der Waals surface area contributed by atoms with Gasteiger partial charge in [0.25, 0.3) is 0 Å². The molecule has 4 nitrogen and oxygen atoms in total. The first kappa shape index (κ1) is 13.8. The molecule has 4 heteroatoms. The number of likely N-dealkylation sites (N-methyl/N-ethyl adjacent to an activating group) is 1. The predicted octanol–water partition coefficient (Wildman–Crippen LogP) is 1.54. The molecule has 3 atom stereocenters. The van der Waals surface area contributed by atoms with Gasteiger partial charge in [0.1, 0.15) is 6.04 Å². The SMILES string of the molecule is CCOC(=O)C(CC)N(C)C1CC2CCC(C1)N2. The third-order valence-electron chi connectivity index (χ3n) is 4.46. The zero-order valence-corrected chi connectivity index (χ0v) is 11.8. The molecule has 0 aliphatic carbocycles. The lowest BCUT2D eigenvalue weighted by molar-refractivity contribution is -0.150. The first-order chi connectivity index (χ1) is 8.65. The molecule has 0 aromatic heterocycles. The fourth-order valence-corrected chi connectivity index (χ4v) is 3.47. The van der Waals surface area contributed by atoms with Crippen LogP contribution < -0.4 is 5.32 Å². The first-order valence-electron chi connectivity index (χ1n) is 7.30. The highest BCUT2D eigenvalue weighted by atomic mass is 16.5. The number of fused-ring (bicyclic) bond motifs is 2. The summed E-state index contributed by atoms with van der Waals surface area (Å²) in [6.45, 7) is 4.41. The maximum atomic E-state index is 12.0. The van der Waals surface area contributed by atoms with Crippen LogP contribution in [0.2, 0.25) is 0 Å². The van der Waals surface area contributed by atoms with Gasteiger partial charge < -0.3 is 10.1 Å². The van der Waals surface area contributed by atoms with E-state index in [2.05, 4.69) is 24.2 Å². The van der Waals surface area contributed by atoms with Crippen molar-refractivity contribution < 1.29 is 9.53 Å². The van der Waals surface area contributed by atoms with Gasteiger partial charge in [0, 0.05) is 18.1 Å². The highest BCUT2D eigenvalue weighted by molar-refractivity contribution is 5.75. The van der Waals surface area contributed by atoms with Crippen LogP contribution in [0.1, 0.15) is 46.0 Å². The lowest BCUT2D eigenvalue weighted by atomic mass is 9.96. The normalized spacial score (nSPS) is 32.6. The summed E-state index contributed by atoms with van der Waals surface area (Å²) in [4.78, 5) is 14.2. The van der Waals surface area contributed by atoms with E-state index in [9.17, 15) is 4.79 Å². The molecule has 2 rings (SSSR count). The van der Waals surface area contributed by atoms with Crippen molar-refractivity contribution in [2.45, 2.75) is 70.1 Å². The summed E-state index contributed by atoms with van der Waals surface area (Å²) in [5.74, 6) is -0.0617. The molecule has 2 saturated heterocycles. The first-order valence-corrected chi connectivity index (χ1v) is 7.30. The Bertz CT molecular complexity index is 284. The molecule has 2 heterocycles. The highest BCUT2D eigenvalue weighted by Crippen LogP contribution is 2.30. The maximum Gasteiger partial charge on any atom is 0.323 e. The van der Waals surface area contributed by atoms with Crippen molar-refractivity contribution in [3.05, 3.63) is 0 Å². The standard InChI is InChI=1S/C14H26N2O2/c1-4-13(14(17)18-5-2)16(3)12-8-10-6-7-11(9-12)15-10/h10-13,15H,4-9H2,1-3H3. The highest BCUT2D eigenvalue weighted by Gasteiger charge is 2.38. The number of esters is 1. The fourth-order valence-electron chi connectivity index (χ4n) is 3.47. The Kier molecular flexibility index (Phi) is 4.62. The molecule has 0 aromatic carbocycles. The van der Waals surface area contributed by atoms with Gasteiger partial charge in [-0.05, 0) is 46.1 Å². The molecule has 104 valence electrons. The average molecular weight is 254 g/mol. The van der Waals surface area contributed by atoms with Crippen LogP contribution in [0, 0.1) is 0 Å². The molecule has 1 N–H and O–H groups in total. The molecule has 2 fully saturated rings. The van der Waals surface area contributed by atoms with E-state index < -0.39 is 0 Å². The molecule has 2 aliphatic rings. The van der Waals surface area contributed by atoms with E-state index in [1.54, 1.807) is 0 Å². The monoisotopic (exact) mass is 254 g/mol. The predicted molar refractivity (Wildman–Crippen MR) is 71.4 cm³/mol. The van der Waals surface area contributed by atoms with Gasteiger partial charge in [-0.2, -0.15) is 0 Å². The van der Waals surface area contributed by atoms with E-state index >= 15 is 0 Å². The van der Waals surface area contributed by atoms with Crippen molar-refractivity contribution >= 4 is 5.97 Å². The molecular formula is C14H26N2O2. The summed E-state index contributed by atoms with van der Waals surface area (Å²) in [7, 11) is 2.08. The average Bonchev–Trinajstić information content (AvgIpc) is 2.69. The maximum absolute atomic E-state index is 12.0. The van der Waals surface area contributed by atoms with Gasteiger partial charge in [-0.25, -0.2) is 0 Å². The van der Waals surface area contributed by atoms with E-state index in [0.717, 1.165) is 6.42 Å². The number of carbonyl (C=O) groups excluding carboxylic acids is 1. The number of piperidine rings is 1. The van der Waals surface area contributed by atoms with Crippen LogP contribution in [0.15, 0.2) is 0 Å². The number of nitrogens with zero attached hydrogens (tertiary/aromatic N) is 1. The number of rotatable bonds is 5. The zero-order chi connectivity index (χ0) is 13.1. The molecule has 0 radical (unpaired) electrons. The number of hydrogen-bond donors (Lipinski definition) is 1. The number of hydrogen-bond acceptors (Lipinski definition) is 4. The van der Waals surface area contributed by atoms with Crippen molar-refractivity contribution in [1.29, 1.82) is 0 Å².